The number of carbonyl (C=O) groups excluding carboxylic acids is 1. The van der Waals surface area contributed by atoms with E-state index in [1.54, 1.807) is 12.1 Å². The Morgan fingerprint density at radius 3 is 2.66 bits per heavy atom. The summed E-state index contributed by atoms with van der Waals surface area (Å²) in [4.78, 5) is 31.4. The number of hydrogen-bond acceptors (Lipinski definition) is 7. The zero-order valence-corrected chi connectivity index (χ0v) is 23.1. The molecule has 3 aromatic rings. The highest BCUT2D eigenvalue weighted by molar-refractivity contribution is 7.16. The Morgan fingerprint density at radius 1 is 1.08 bits per heavy atom. The van der Waals surface area contributed by atoms with Gasteiger partial charge in [-0.25, -0.2) is 4.39 Å². The van der Waals surface area contributed by atoms with Crippen molar-refractivity contribution in [2.45, 2.75) is 33.1 Å². The Kier molecular flexibility index (Phi) is 12.2. The van der Waals surface area contributed by atoms with Crippen LogP contribution in [-0.2, 0) is 22.4 Å². The van der Waals surface area contributed by atoms with E-state index in [9.17, 15) is 19.1 Å². The molecular formula is C28H39FN4O4S. The Balaban J connectivity index is 1.43. The highest BCUT2D eigenvalue weighted by Gasteiger charge is 2.15. The molecule has 8 nitrogen and oxygen atoms in total. The maximum atomic E-state index is 13.3. The third-order valence-corrected chi connectivity index (χ3v) is 7.54. The van der Waals surface area contributed by atoms with Crippen LogP contribution in [-0.4, -0.2) is 84.8 Å². The van der Waals surface area contributed by atoms with Gasteiger partial charge >= 0.3 is 4.87 Å². The largest absolute Gasteiger partial charge is 0.506 e. The number of nitrogens with one attached hydrogen (secondary N) is 2. The van der Waals surface area contributed by atoms with Gasteiger partial charge in [0.05, 0.1) is 24.3 Å². The summed E-state index contributed by atoms with van der Waals surface area (Å²) < 4.78 is 19.8. The van der Waals surface area contributed by atoms with Crippen molar-refractivity contribution >= 4 is 27.5 Å². The van der Waals surface area contributed by atoms with Gasteiger partial charge in [0.1, 0.15) is 17.1 Å². The fourth-order valence-electron chi connectivity index (χ4n) is 4.30. The van der Waals surface area contributed by atoms with Crippen molar-refractivity contribution in [2.75, 3.05) is 59.0 Å². The lowest BCUT2D eigenvalue weighted by Gasteiger charge is -2.27. The summed E-state index contributed by atoms with van der Waals surface area (Å²) in [5.74, 6) is -0.120. The molecule has 0 radical (unpaired) electrons. The molecule has 0 aliphatic rings. The highest BCUT2D eigenvalue weighted by Crippen LogP contribution is 2.27. The van der Waals surface area contributed by atoms with E-state index in [4.69, 9.17) is 4.74 Å². The molecule has 38 heavy (non-hydrogen) atoms. The number of aromatic amines is 1. The lowest BCUT2D eigenvalue weighted by molar-refractivity contribution is -0.132. The van der Waals surface area contributed by atoms with Gasteiger partial charge < -0.3 is 29.9 Å². The van der Waals surface area contributed by atoms with Gasteiger partial charge in [0.2, 0.25) is 5.91 Å². The van der Waals surface area contributed by atoms with E-state index >= 15 is 0 Å². The molecule has 3 rings (SSSR count). The molecule has 0 saturated heterocycles. The minimum atomic E-state index is -0.256. The van der Waals surface area contributed by atoms with Crippen LogP contribution >= 0.6 is 11.3 Å². The number of carbonyl (C=O) groups is 1. The number of aromatic nitrogens is 1. The topological polar surface area (TPSA) is 97.9 Å². The average molecular weight is 547 g/mol. The summed E-state index contributed by atoms with van der Waals surface area (Å²) >= 11 is 1.10. The molecule has 1 amide bonds. The first-order chi connectivity index (χ1) is 18.4. The fourth-order valence-corrected chi connectivity index (χ4v) is 5.19. The number of nitrogens with zero attached hydrogens (tertiary/aromatic N) is 2. The van der Waals surface area contributed by atoms with Crippen molar-refractivity contribution in [3.05, 3.63) is 63.0 Å². The van der Waals surface area contributed by atoms with E-state index in [2.05, 4.69) is 29.0 Å². The smallest absolute Gasteiger partial charge is 0.305 e. The van der Waals surface area contributed by atoms with Gasteiger partial charge in [-0.3, -0.25) is 9.59 Å². The first-order valence-electron chi connectivity index (χ1n) is 13.3. The SMILES string of the molecule is CCN(CC)CCN(CCNCCc1ccc(O)c2[nH]c(=O)sc12)C(=O)CCOCCc1cccc(F)c1. The number of aromatic hydroxyl groups is 1. The first kappa shape index (κ1) is 29.8. The van der Waals surface area contributed by atoms with Crippen molar-refractivity contribution in [1.29, 1.82) is 0 Å². The Morgan fingerprint density at radius 2 is 1.89 bits per heavy atom. The molecule has 0 aliphatic heterocycles. The summed E-state index contributed by atoms with van der Waals surface area (Å²) in [7, 11) is 0. The van der Waals surface area contributed by atoms with Crippen LogP contribution in [0.1, 0.15) is 31.4 Å². The van der Waals surface area contributed by atoms with Gasteiger partial charge in [0.15, 0.2) is 0 Å². The number of phenols is 1. The number of amides is 1. The van der Waals surface area contributed by atoms with Gasteiger partial charge in [-0.15, -0.1) is 0 Å². The summed E-state index contributed by atoms with van der Waals surface area (Å²) in [6.45, 7) is 10.3. The van der Waals surface area contributed by atoms with Crippen LogP contribution in [0.3, 0.4) is 0 Å². The van der Waals surface area contributed by atoms with Crippen LogP contribution in [0.5, 0.6) is 5.75 Å². The van der Waals surface area contributed by atoms with Crippen LogP contribution in [0.25, 0.3) is 10.2 Å². The number of likely N-dealkylation sites (N-methyl/N-ethyl adjacent to an activating group) is 1. The maximum Gasteiger partial charge on any atom is 0.305 e. The number of halogens is 1. The van der Waals surface area contributed by atoms with Gasteiger partial charge in [-0.05, 0) is 61.8 Å². The van der Waals surface area contributed by atoms with Gasteiger partial charge in [0, 0.05) is 26.2 Å². The molecule has 1 heterocycles. The number of H-pyrrole nitrogens is 1. The monoisotopic (exact) mass is 546 g/mol. The van der Waals surface area contributed by atoms with E-state index in [0.717, 1.165) is 46.8 Å². The normalized spacial score (nSPS) is 11.5. The van der Waals surface area contributed by atoms with E-state index < -0.39 is 0 Å². The molecule has 0 saturated carbocycles. The van der Waals surface area contributed by atoms with Gasteiger partial charge in [-0.1, -0.05) is 43.4 Å². The number of thiazole rings is 1. The number of hydrogen-bond donors (Lipinski definition) is 3. The van der Waals surface area contributed by atoms with Crippen molar-refractivity contribution in [3.8, 4) is 5.75 Å². The molecule has 0 bridgehead atoms. The van der Waals surface area contributed by atoms with Crippen molar-refractivity contribution in [1.82, 2.24) is 20.1 Å². The van der Waals surface area contributed by atoms with E-state index in [0.29, 0.717) is 64.2 Å². The highest BCUT2D eigenvalue weighted by atomic mass is 32.1. The molecule has 0 fully saturated rings. The Hall–Kier alpha value is -2.79. The van der Waals surface area contributed by atoms with Crippen LogP contribution in [0.4, 0.5) is 4.39 Å². The van der Waals surface area contributed by atoms with Gasteiger partial charge in [0.25, 0.3) is 0 Å². The first-order valence-corrected chi connectivity index (χ1v) is 14.1. The fraction of sp³-hybridized carbons (Fsp3) is 0.500. The van der Waals surface area contributed by atoms with Crippen molar-refractivity contribution in [3.63, 3.8) is 0 Å². The third kappa shape index (κ3) is 9.20. The van der Waals surface area contributed by atoms with Gasteiger partial charge in [-0.2, -0.15) is 0 Å². The van der Waals surface area contributed by atoms with E-state index in [1.165, 1.54) is 12.1 Å². The van der Waals surface area contributed by atoms with E-state index in [1.807, 2.05) is 17.0 Å². The number of phenolic OH excluding ortho intramolecular Hbond substituents is 1. The molecule has 2 aromatic carbocycles. The molecule has 0 atom stereocenters. The molecule has 208 valence electrons. The minimum Gasteiger partial charge on any atom is -0.506 e. The second-order valence-corrected chi connectivity index (χ2v) is 10.1. The summed E-state index contributed by atoms with van der Waals surface area (Å²) in [5, 5.41) is 13.4. The summed E-state index contributed by atoms with van der Waals surface area (Å²) in [6, 6.07) is 9.92. The summed E-state index contributed by atoms with van der Waals surface area (Å²) in [5.41, 5.74) is 2.37. The lowest BCUT2D eigenvalue weighted by Crippen LogP contribution is -2.42. The van der Waals surface area contributed by atoms with Crippen molar-refractivity contribution in [2.24, 2.45) is 0 Å². The van der Waals surface area contributed by atoms with Crippen LogP contribution in [0, 0.1) is 5.82 Å². The zero-order valence-electron chi connectivity index (χ0n) is 22.3. The standard InChI is InChI=1S/C28H39FN4O4S/c1-3-32(4-2)16-17-33(25(35)12-19-37-18-11-21-6-5-7-23(29)20-21)15-14-30-13-10-22-8-9-24(34)26-27(22)38-28(36)31-26/h5-9,20,30,34H,3-4,10-19H2,1-2H3,(H,31,36). The molecule has 1 aromatic heterocycles. The molecule has 3 N–H and O–H groups in total. The molecular weight excluding hydrogens is 507 g/mol. The molecule has 0 spiro atoms. The van der Waals surface area contributed by atoms with E-state index in [-0.39, 0.29) is 22.3 Å². The minimum absolute atomic E-state index is 0.0575. The predicted molar refractivity (Wildman–Crippen MR) is 151 cm³/mol. The number of ether oxygens (including phenoxy) is 1. The Bertz CT molecular complexity index is 1210. The van der Waals surface area contributed by atoms with Crippen LogP contribution in [0.15, 0.2) is 41.2 Å². The van der Waals surface area contributed by atoms with Crippen molar-refractivity contribution < 1.29 is 19.0 Å². The second kappa shape index (κ2) is 15.6. The summed E-state index contributed by atoms with van der Waals surface area (Å²) in [6.07, 6.45) is 1.62. The number of benzene rings is 2. The Labute approximate surface area is 227 Å². The number of fused-ring (bicyclic) bond motifs is 1. The predicted octanol–water partition coefficient (Wildman–Crippen LogP) is 3.39. The molecule has 10 heteroatoms. The molecule has 0 unspecified atom stereocenters. The van der Waals surface area contributed by atoms with Crippen LogP contribution < -0.4 is 10.2 Å². The maximum absolute atomic E-state index is 13.3. The third-order valence-electron chi connectivity index (χ3n) is 6.59. The lowest BCUT2D eigenvalue weighted by atomic mass is 10.1. The second-order valence-electron chi connectivity index (χ2n) is 9.11. The molecule has 0 aliphatic carbocycles. The average Bonchev–Trinajstić information content (AvgIpc) is 3.31. The zero-order chi connectivity index (χ0) is 27.3. The number of rotatable bonds is 17. The quantitative estimate of drug-likeness (QED) is 0.225. The van der Waals surface area contributed by atoms with Crippen LogP contribution in [0.2, 0.25) is 0 Å².